The summed E-state index contributed by atoms with van der Waals surface area (Å²) < 4.78 is 1.89. The van der Waals surface area contributed by atoms with Gasteiger partial charge in [0.1, 0.15) is 17.6 Å². The standard InChI is InChI=1S/C11H16N4/c1-14-9(8-12)7-10(13)11(14)15-5-3-2-4-6-15/h7H,2-6,13H2,1H3. The van der Waals surface area contributed by atoms with Crippen molar-refractivity contribution in [2.75, 3.05) is 23.7 Å². The maximum atomic E-state index is 8.91. The fraction of sp³-hybridized carbons (Fsp3) is 0.545. The van der Waals surface area contributed by atoms with Crippen LogP contribution < -0.4 is 10.6 Å². The van der Waals surface area contributed by atoms with Gasteiger partial charge in [0, 0.05) is 20.1 Å². The minimum atomic E-state index is 0.632. The third-order valence-electron chi connectivity index (χ3n) is 3.00. The molecule has 0 unspecified atom stereocenters. The molecule has 1 aromatic rings. The molecule has 0 aromatic carbocycles. The normalized spacial score (nSPS) is 16.4. The molecule has 15 heavy (non-hydrogen) atoms. The molecule has 4 heteroatoms. The number of hydrogen-bond donors (Lipinski definition) is 1. The molecule has 1 saturated heterocycles. The van der Waals surface area contributed by atoms with Gasteiger partial charge in [0.05, 0.1) is 5.69 Å². The van der Waals surface area contributed by atoms with E-state index in [1.165, 1.54) is 19.3 Å². The Morgan fingerprint density at radius 1 is 1.33 bits per heavy atom. The van der Waals surface area contributed by atoms with Gasteiger partial charge in [0.2, 0.25) is 0 Å². The van der Waals surface area contributed by atoms with Crippen LogP contribution in [0.2, 0.25) is 0 Å². The van der Waals surface area contributed by atoms with Gasteiger partial charge in [-0.1, -0.05) is 0 Å². The molecule has 0 spiro atoms. The number of nitriles is 1. The fourth-order valence-corrected chi connectivity index (χ4v) is 2.22. The topological polar surface area (TPSA) is 58.0 Å². The minimum Gasteiger partial charge on any atom is -0.396 e. The van der Waals surface area contributed by atoms with Gasteiger partial charge in [0.25, 0.3) is 0 Å². The van der Waals surface area contributed by atoms with Crippen molar-refractivity contribution >= 4 is 11.5 Å². The number of nitrogen functional groups attached to an aromatic ring is 1. The van der Waals surface area contributed by atoms with Crippen molar-refractivity contribution in [2.45, 2.75) is 19.3 Å². The summed E-state index contributed by atoms with van der Waals surface area (Å²) >= 11 is 0. The maximum Gasteiger partial charge on any atom is 0.132 e. The Morgan fingerprint density at radius 3 is 2.53 bits per heavy atom. The van der Waals surface area contributed by atoms with Gasteiger partial charge in [0.15, 0.2) is 0 Å². The summed E-state index contributed by atoms with van der Waals surface area (Å²) in [6, 6.07) is 3.91. The first-order valence-corrected chi connectivity index (χ1v) is 5.34. The van der Waals surface area contributed by atoms with Crippen molar-refractivity contribution in [1.82, 2.24) is 4.57 Å². The van der Waals surface area contributed by atoms with E-state index in [-0.39, 0.29) is 0 Å². The van der Waals surface area contributed by atoms with Crippen molar-refractivity contribution in [3.05, 3.63) is 11.8 Å². The van der Waals surface area contributed by atoms with Crippen LogP contribution in [-0.4, -0.2) is 17.7 Å². The van der Waals surface area contributed by atoms with Gasteiger partial charge in [-0.2, -0.15) is 5.26 Å². The van der Waals surface area contributed by atoms with Crippen LogP contribution in [0, 0.1) is 11.3 Å². The summed E-state index contributed by atoms with van der Waals surface area (Å²) in [7, 11) is 1.90. The second kappa shape index (κ2) is 3.85. The zero-order valence-electron chi connectivity index (χ0n) is 9.03. The largest absolute Gasteiger partial charge is 0.396 e. The Labute approximate surface area is 89.9 Å². The number of nitrogens with zero attached hydrogens (tertiary/aromatic N) is 3. The predicted molar refractivity (Wildman–Crippen MR) is 60.6 cm³/mol. The molecule has 2 N–H and O–H groups in total. The monoisotopic (exact) mass is 204 g/mol. The van der Waals surface area contributed by atoms with E-state index in [0.717, 1.165) is 24.6 Å². The Kier molecular flexibility index (Phi) is 2.55. The highest BCUT2D eigenvalue weighted by atomic mass is 15.2. The van der Waals surface area contributed by atoms with Gasteiger partial charge >= 0.3 is 0 Å². The zero-order valence-corrected chi connectivity index (χ0v) is 9.03. The molecule has 0 atom stereocenters. The minimum absolute atomic E-state index is 0.632. The first kappa shape index (κ1) is 9.91. The second-order valence-electron chi connectivity index (χ2n) is 4.03. The van der Waals surface area contributed by atoms with Crippen molar-refractivity contribution in [3.63, 3.8) is 0 Å². The molecule has 0 radical (unpaired) electrons. The third-order valence-corrected chi connectivity index (χ3v) is 3.00. The zero-order chi connectivity index (χ0) is 10.8. The molecular formula is C11H16N4. The molecule has 2 rings (SSSR count). The lowest BCUT2D eigenvalue weighted by molar-refractivity contribution is 0.567. The van der Waals surface area contributed by atoms with E-state index in [1.54, 1.807) is 6.07 Å². The molecule has 1 aliphatic rings. The van der Waals surface area contributed by atoms with Crippen molar-refractivity contribution in [2.24, 2.45) is 7.05 Å². The number of hydrogen-bond acceptors (Lipinski definition) is 3. The first-order chi connectivity index (χ1) is 7.24. The highest BCUT2D eigenvalue weighted by molar-refractivity contribution is 5.67. The lowest BCUT2D eigenvalue weighted by Gasteiger charge is -2.29. The summed E-state index contributed by atoms with van der Waals surface area (Å²) in [6.07, 6.45) is 3.73. The molecule has 0 amide bonds. The van der Waals surface area contributed by atoms with Gasteiger partial charge in [-0.15, -0.1) is 0 Å². The van der Waals surface area contributed by atoms with E-state index >= 15 is 0 Å². The highest BCUT2D eigenvalue weighted by Crippen LogP contribution is 2.28. The van der Waals surface area contributed by atoms with Crippen LogP contribution in [0.3, 0.4) is 0 Å². The van der Waals surface area contributed by atoms with Crippen molar-refractivity contribution in [3.8, 4) is 6.07 Å². The molecule has 0 saturated carbocycles. The summed E-state index contributed by atoms with van der Waals surface area (Å²) in [5, 5.41) is 8.91. The molecular weight excluding hydrogens is 188 g/mol. The number of nitrogens with two attached hydrogens (primary N) is 1. The molecule has 1 fully saturated rings. The summed E-state index contributed by atoms with van der Waals surface area (Å²) in [4.78, 5) is 2.28. The summed E-state index contributed by atoms with van der Waals surface area (Å²) in [5.41, 5.74) is 7.29. The lowest BCUT2D eigenvalue weighted by atomic mass is 10.1. The lowest BCUT2D eigenvalue weighted by Crippen LogP contribution is -2.31. The first-order valence-electron chi connectivity index (χ1n) is 5.34. The van der Waals surface area contributed by atoms with E-state index < -0.39 is 0 Å². The molecule has 1 aliphatic heterocycles. The Bertz CT molecular complexity index is 393. The number of piperidine rings is 1. The van der Waals surface area contributed by atoms with Gasteiger partial charge in [-0.3, -0.25) is 0 Å². The number of anilines is 2. The predicted octanol–water partition coefficient (Wildman–Crippen LogP) is 1.47. The summed E-state index contributed by atoms with van der Waals surface area (Å²) in [6.45, 7) is 2.10. The number of rotatable bonds is 1. The Balaban J connectivity index is 2.34. The van der Waals surface area contributed by atoms with Gasteiger partial charge < -0.3 is 15.2 Å². The Hall–Kier alpha value is -1.63. The quantitative estimate of drug-likeness (QED) is 0.753. The van der Waals surface area contributed by atoms with Crippen LogP contribution in [0.15, 0.2) is 6.07 Å². The SMILES string of the molecule is Cn1c(C#N)cc(N)c1N1CCCCC1. The third kappa shape index (κ3) is 1.65. The van der Waals surface area contributed by atoms with Crippen LogP contribution in [0.5, 0.6) is 0 Å². The van der Waals surface area contributed by atoms with Crippen LogP contribution in [0.25, 0.3) is 0 Å². The molecule has 80 valence electrons. The van der Waals surface area contributed by atoms with E-state index in [2.05, 4.69) is 11.0 Å². The van der Waals surface area contributed by atoms with Gasteiger partial charge in [-0.05, 0) is 25.3 Å². The van der Waals surface area contributed by atoms with Crippen LogP contribution in [-0.2, 0) is 7.05 Å². The van der Waals surface area contributed by atoms with Crippen molar-refractivity contribution < 1.29 is 0 Å². The molecule has 2 heterocycles. The molecule has 4 nitrogen and oxygen atoms in total. The van der Waals surface area contributed by atoms with E-state index in [9.17, 15) is 0 Å². The van der Waals surface area contributed by atoms with E-state index in [4.69, 9.17) is 11.0 Å². The number of aromatic nitrogens is 1. The van der Waals surface area contributed by atoms with E-state index in [1.807, 2.05) is 11.6 Å². The smallest absolute Gasteiger partial charge is 0.132 e. The highest BCUT2D eigenvalue weighted by Gasteiger charge is 2.18. The molecule has 1 aromatic heterocycles. The van der Waals surface area contributed by atoms with Crippen LogP contribution in [0.4, 0.5) is 11.5 Å². The maximum absolute atomic E-state index is 8.91. The second-order valence-corrected chi connectivity index (χ2v) is 4.03. The van der Waals surface area contributed by atoms with Gasteiger partial charge in [-0.25, -0.2) is 0 Å². The molecule has 0 bridgehead atoms. The van der Waals surface area contributed by atoms with Crippen molar-refractivity contribution in [1.29, 1.82) is 5.26 Å². The van der Waals surface area contributed by atoms with Crippen LogP contribution in [0.1, 0.15) is 25.0 Å². The fourth-order valence-electron chi connectivity index (χ4n) is 2.22. The summed E-state index contributed by atoms with van der Waals surface area (Å²) in [5.74, 6) is 1.01. The Morgan fingerprint density at radius 2 is 2.00 bits per heavy atom. The average molecular weight is 204 g/mol. The molecule has 0 aliphatic carbocycles. The van der Waals surface area contributed by atoms with E-state index in [0.29, 0.717) is 5.69 Å². The van der Waals surface area contributed by atoms with Crippen LogP contribution >= 0.6 is 0 Å². The average Bonchev–Trinajstić information content (AvgIpc) is 2.55.